The van der Waals surface area contributed by atoms with Crippen LogP contribution in [0.25, 0.3) is 0 Å². The van der Waals surface area contributed by atoms with Gasteiger partial charge in [-0.1, -0.05) is 95.7 Å². The molecule has 0 aromatic heterocycles. The summed E-state index contributed by atoms with van der Waals surface area (Å²) in [6.45, 7) is 19.7. The number of hydrogen-bond acceptors (Lipinski definition) is 6. The normalized spacial score (nSPS) is 14.4. The molecule has 0 bridgehead atoms. The fourth-order valence-electron chi connectivity index (χ4n) is 4.38. The van der Waals surface area contributed by atoms with Gasteiger partial charge >= 0.3 is 0 Å². The molecule has 1 fully saturated rings. The third-order valence-corrected chi connectivity index (χ3v) is 6.87. The van der Waals surface area contributed by atoms with Crippen LogP contribution in [0.1, 0.15) is 64.5 Å². The quantitative estimate of drug-likeness (QED) is 0.191. The van der Waals surface area contributed by atoms with Crippen molar-refractivity contribution < 1.29 is 9.53 Å². The second-order valence-corrected chi connectivity index (χ2v) is 10.3. The lowest BCUT2D eigenvalue weighted by Gasteiger charge is -2.48. The molecule has 2 aromatic carbocycles. The average molecular weight is 596 g/mol. The Morgan fingerprint density at radius 3 is 2.14 bits per heavy atom. The van der Waals surface area contributed by atoms with Crippen molar-refractivity contribution in [3.05, 3.63) is 91.2 Å². The van der Waals surface area contributed by atoms with Gasteiger partial charge in [-0.25, -0.2) is 5.01 Å². The molecule has 2 aromatic rings. The number of hydrogen-bond donors (Lipinski definition) is 1. The van der Waals surface area contributed by atoms with Crippen LogP contribution in [0.15, 0.2) is 80.0 Å². The first-order valence-corrected chi connectivity index (χ1v) is 15.9. The lowest BCUT2D eigenvalue weighted by Crippen LogP contribution is -2.64. The molecule has 1 amide bonds. The van der Waals surface area contributed by atoms with Crippen LogP contribution in [0, 0.1) is 0 Å². The van der Waals surface area contributed by atoms with Crippen molar-refractivity contribution in [3.63, 3.8) is 0 Å². The highest BCUT2D eigenvalue weighted by atomic mass is 16.5. The van der Waals surface area contributed by atoms with Gasteiger partial charge in [-0.2, -0.15) is 0 Å². The molecule has 1 N–H and O–H groups in total. The molecule has 1 saturated heterocycles. The van der Waals surface area contributed by atoms with Crippen LogP contribution in [0.3, 0.4) is 0 Å². The zero-order valence-electron chi connectivity index (χ0n) is 28.5. The number of ether oxygens (including phenoxy) is 1. The molecule has 1 heterocycles. The predicted octanol–water partition coefficient (Wildman–Crippen LogP) is 6.83. The molecule has 1 unspecified atom stereocenters. The summed E-state index contributed by atoms with van der Waals surface area (Å²) in [7, 11) is 7.66. The van der Waals surface area contributed by atoms with Crippen molar-refractivity contribution in [2.45, 2.75) is 72.5 Å². The summed E-state index contributed by atoms with van der Waals surface area (Å²) >= 11 is 0. The first kappa shape index (κ1) is 39.9. The number of carbonyl (C=O) groups excluding carboxylic acids is 1. The summed E-state index contributed by atoms with van der Waals surface area (Å²) in [4.78, 5) is 16.6. The van der Waals surface area contributed by atoms with Crippen molar-refractivity contribution in [1.82, 2.24) is 25.1 Å². The van der Waals surface area contributed by atoms with Gasteiger partial charge in [-0.05, 0) is 63.2 Å². The zero-order chi connectivity index (χ0) is 32.5. The van der Waals surface area contributed by atoms with E-state index in [1.165, 1.54) is 30.4 Å². The van der Waals surface area contributed by atoms with Crippen LogP contribution in [0.2, 0.25) is 0 Å². The van der Waals surface area contributed by atoms with Crippen LogP contribution in [-0.2, 0) is 17.8 Å². The van der Waals surface area contributed by atoms with E-state index in [9.17, 15) is 4.79 Å². The van der Waals surface area contributed by atoms with Crippen LogP contribution < -0.4 is 10.1 Å². The van der Waals surface area contributed by atoms with Crippen molar-refractivity contribution in [3.8, 4) is 5.75 Å². The highest BCUT2D eigenvalue weighted by Crippen LogP contribution is 2.17. The molecule has 0 spiro atoms. The van der Waals surface area contributed by atoms with Gasteiger partial charge < -0.3 is 19.9 Å². The van der Waals surface area contributed by atoms with E-state index in [0.717, 1.165) is 38.2 Å². The lowest BCUT2D eigenvalue weighted by molar-refractivity contribution is -0.164. The van der Waals surface area contributed by atoms with E-state index in [4.69, 9.17) is 4.74 Å². The molecular weight excluding hydrogens is 534 g/mol. The third-order valence-electron chi connectivity index (χ3n) is 6.87. The minimum Gasteiger partial charge on any atom is -0.497 e. The topological polar surface area (TPSA) is 51.3 Å². The number of carbonyl (C=O) groups is 1. The number of nitrogens with one attached hydrogen (secondary N) is 1. The van der Waals surface area contributed by atoms with Gasteiger partial charge in [-0.15, -0.1) is 6.58 Å². The molecule has 7 nitrogen and oxygen atoms in total. The Morgan fingerprint density at radius 2 is 1.63 bits per heavy atom. The lowest BCUT2D eigenvalue weighted by atomic mass is 10.1. The monoisotopic (exact) mass is 595 g/mol. The Balaban J connectivity index is 0.000000854. The van der Waals surface area contributed by atoms with Gasteiger partial charge in [0.1, 0.15) is 11.9 Å². The highest BCUT2D eigenvalue weighted by molar-refractivity contribution is 5.79. The summed E-state index contributed by atoms with van der Waals surface area (Å²) in [6, 6.07) is 18.6. The molecular formula is C36H61N5O2. The first-order valence-electron chi connectivity index (χ1n) is 15.9. The Bertz CT molecular complexity index is 965. The van der Waals surface area contributed by atoms with Crippen molar-refractivity contribution >= 4 is 5.91 Å². The van der Waals surface area contributed by atoms with Crippen LogP contribution in [0.5, 0.6) is 5.75 Å². The van der Waals surface area contributed by atoms with Gasteiger partial charge in [0.2, 0.25) is 5.91 Å². The number of likely N-dealkylation sites (N-methyl/N-ethyl adjacent to an activating group) is 2. The summed E-state index contributed by atoms with van der Waals surface area (Å²) in [5.41, 5.74) is 2.66. The average Bonchev–Trinajstić information content (AvgIpc) is 3.03. The van der Waals surface area contributed by atoms with Gasteiger partial charge in [-0.3, -0.25) is 9.80 Å². The van der Waals surface area contributed by atoms with Gasteiger partial charge in [0.05, 0.1) is 13.7 Å². The van der Waals surface area contributed by atoms with E-state index in [1.807, 2.05) is 55.0 Å². The molecule has 0 aliphatic carbocycles. The molecule has 0 radical (unpaired) electrons. The molecule has 3 rings (SSSR count). The molecule has 1 aliphatic rings. The fraction of sp³-hybridized carbons (Fsp3) is 0.528. The molecule has 43 heavy (non-hydrogen) atoms. The number of rotatable bonds is 14. The molecule has 1 aliphatic heterocycles. The maximum absolute atomic E-state index is 12.4. The van der Waals surface area contributed by atoms with Crippen LogP contribution >= 0.6 is 0 Å². The van der Waals surface area contributed by atoms with E-state index >= 15 is 0 Å². The van der Waals surface area contributed by atoms with E-state index in [1.54, 1.807) is 19.4 Å². The fourth-order valence-corrected chi connectivity index (χ4v) is 4.38. The second-order valence-electron chi connectivity index (χ2n) is 10.3. The summed E-state index contributed by atoms with van der Waals surface area (Å²) in [5.74, 6) is 1.04. The zero-order valence-corrected chi connectivity index (χ0v) is 28.5. The highest BCUT2D eigenvalue weighted by Gasteiger charge is 2.35. The maximum Gasteiger partial charge on any atom is 0.240 e. The number of unbranched alkanes of at least 4 members (excludes halogenated alkanes) is 2. The van der Waals surface area contributed by atoms with E-state index < -0.39 is 0 Å². The number of hydrazine groups is 1. The summed E-state index contributed by atoms with van der Waals surface area (Å²) in [6.07, 6.45) is 9.60. The third kappa shape index (κ3) is 16.3. The predicted molar refractivity (Wildman–Crippen MR) is 185 cm³/mol. The Hall–Kier alpha value is -3.13. The Morgan fingerprint density at radius 1 is 1.00 bits per heavy atom. The minimum atomic E-state index is -0.0455. The Kier molecular flexibility index (Phi) is 23.5. The summed E-state index contributed by atoms with van der Waals surface area (Å²) < 4.78 is 5.03. The minimum absolute atomic E-state index is 0.0455. The van der Waals surface area contributed by atoms with E-state index in [2.05, 4.69) is 86.7 Å². The van der Waals surface area contributed by atoms with Gasteiger partial charge in [0.25, 0.3) is 0 Å². The number of amides is 1. The van der Waals surface area contributed by atoms with Crippen molar-refractivity contribution in [2.24, 2.45) is 0 Å². The second kappa shape index (κ2) is 25.4. The smallest absolute Gasteiger partial charge is 0.240 e. The maximum atomic E-state index is 12.4. The molecule has 1 atom stereocenters. The largest absolute Gasteiger partial charge is 0.497 e. The SMILES string of the molecule is C=CCN1C(=O)CN(C)N(C=C)C1CN(C)CCCCc1ccccc1.CC.CCCC.CNCc1ccc(OC)cc1. The molecule has 242 valence electrons. The van der Waals surface area contributed by atoms with Crippen LogP contribution in [0.4, 0.5) is 0 Å². The summed E-state index contributed by atoms with van der Waals surface area (Å²) in [5, 5.41) is 7.06. The van der Waals surface area contributed by atoms with Crippen molar-refractivity contribution in [1.29, 1.82) is 0 Å². The molecule has 7 heteroatoms. The van der Waals surface area contributed by atoms with Crippen LogP contribution in [-0.4, -0.2) is 86.3 Å². The van der Waals surface area contributed by atoms with E-state index in [0.29, 0.717) is 13.1 Å². The Labute approximate surface area is 264 Å². The van der Waals surface area contributed by atoms with Gasteiger partial charge in [0.15, 0.2) is 0 Å². The number of aryl methyl sites for hydroxylation is 1. The van der Waals surface area contributed by atoms with Crippen molar-refractivity contribution in [2.75, 3.05) is 54.4 Å². The molecule has 0 saturated carbocycles. The van der Waals surface area contributed by atoms with E-state index in [-0.39, 0.29) is 12.1 Å². The standard InChI is InChI=1S/C21H32N4O.C9H13NO.C4H10.C2H6/c1-5-15-24-20(25(6-2)23(4)18-21(24)26)17-22(3)16-11-10-14-19-12-8-7-9-13-19;1-10-7-8-3-5-9(11-2)6-4-8;1-3-4-2;1-2/h5-9,12-13,20H,1-2,10-11,14-18H2,3-4H3;3-6,10H,7H2,1-2H3;3-4H2,1-2H3;1-2H3. The number of benzene rings is 2. The first-order chi connectivity index (χ1) is 20.8. The number of nitrogens with zero attached hydrogens (tertiary/aromatic N) is 4. The number of methoxy groups -OCH3 is 1. The van der Waals surface area contributed by atoms with Gasteiger partial charge in [0, 0.05) is 32.9 Å².